The molecule has 0 saturated heterocycles. The highest BCUT2D eigenvalue weighted by Crippen LogP contribution is 2.45. The van der Waals surface area contributed by atoms with E-state index in [9.17, 15) is 0 Å². The lowest BCUT2D eigenvalue weighted by Gasteiger charge is -2.19. The van der Waals surface area contributed by atoms with Crippen molar-refractivity contribution in [3.05, 3.63) is 158 Å². The average molecular weight is 483 g/mol. The van der Waals surface area contributed by atoms with Crippen molar-refractivity contribution in [3.63, 3.8) is 0 Å². The summed E-state index contributed by atoms with van der Waals surface area (Å²) in [5, 5.41) is 5.11. The molecule has 0 nitrogen and oxygen atoms in total. The van der Waals surface area contributed by atoms with Crippen LogP contribution in [0.1, 0.15) is 0 Å². The van der Waals surface area contributed by atoms with Crippen LogP contribution in [0.15, 0.2) is 158 Å². The van der Waals surface area contributed by atoms with Crippen LogP contribution in [-0.2, 0) is 0 Å². The summed E-state index contributed by atoms with van der Waals surface area (Å²) >= 11 is 0. The molecule has 7 aromatic carbocycles. The van der Waals surface area contributed by atoms with E-state index >= 15 is 0 Å². The van der Waals surface area contributed by atoms with Gasteiger partial charge in [0.15, 0.2) is 0 Å². The van der Waals surface area contributed by atoms with E-state index in [1.165, 1.54) is 66.1 Å². The molecule has 0 spiro atoms. The van der Waals surface area contributed by atoms with Crippen molar-refractivity contribution in [2.45, 2.75) is 0 Å². The molecule has 0 heteroatoms. The molecule has 0 bridgehead atoms. The second kappa shape index (κ2) is 9.50. The van der Waals surface area contributed by atoms with Crippen LogP contribution in [0.2, 0.25) is 0 Å². The number of hydrogen-bond acceptors (Lipinski definition) is 0. The molecule has 0 N–H and O–H groups in total. The topological polar surface area (TPSA) is 0 Å². The van der Waals surface area contributed by atoms with Crippen LogP contribution in [0.3, 0.4) is 0 Å². The van der Waals surface area contributed by atoms with Crippen molar-refractivity contribution in [1.29, 1.82) is 0 Å². The first-order chi connectivity index (χ1) is 18.9. The van der Waals surface area contributed by atoms with Gasteiger partial charge in [0.25, 0.3) is 0 Å². The summed E-state index contributed by atoms with van der Waals surface area (Å²) in [6.45, 7) is 0. The first kappa shape index (κ1) is 22.3. The van der Waals surface area contributed by atoms with E-state index in [1.54, 1.807) is 0 Å². The zero-order valence-electron chi connectivity index (χ0n) is 21.0. The molecule has 0 unspecified atom stereocenters. The van der Waals surface area contributed by atoms with Crippen LogP contribution < -0.4 is 0 Å². The third-order valence-corrected chi connectivity index (χ3v) is 7.47. The number of benzene rings is 7. The lowest BCUT2D eigenvalue weighted by molar-refractivity contribution is 1.58. The zero-order chi connectivity index (χ0) is 25.3. The van der Waals surface area contributed by atoms with Crippen molar-refractivity contribution < 1.29 is 0 Å². The predicted octanol–water partition coefficient (Wildman–Crippen LogP) is 10.7. The molecule has 0 aliphatic carbocycles. The van der Waals surface area contributed by atoms with E-state index in [0.717, 1.165) is 0 Å². The molecule has 38 heavy (non-hydrogen) atoms. The normalized spacial score (nSPS) is 11.2. The summed E-state index contributed by atoms with van der Waals surface area (Å²) in [5.74, 6) is 0. The second-order valence-corrected chi connectivity index (χ2v) is 9.70. The van der Waals surface area contributed by atoms with Crippen molar-refractivity contribution in [2.75, 3.05) is 0 Å². The van der Waals surface area contributed by atoms with Gasteiger partial charge in [0.05, 0.1) is 0 Å². The highest BCUT2D eigenvalue weighted by molar-refractivity contribution is 6.21. The molecule has 0 aromatic heterocycles. The fraction of sp³-hybridized carbons (Fsp3) is 0. The SMILES string of the molecule is c1ccc(-c2ccc(-c3c4ccccc4c(-c4ccccc4)c4ccccc34)cc2-c2ccccc2)cc1. The molecule has 0 heterocycles. The van der Waals surface area contributed by atoms with Crippen LogP contribution >= 0.6 is 0 Å². The Morgan fingerprint density at radius 1 is 0.237 bits per heavy atom. The molecule has 0 radical (unpaired) electrons. The van der Waals surface area contributed by atoms with Gasteiger partial charge in [-0.25, -0.2) is 0 Å². The quantitative estimate of drug-likeness (QED) is 0.219. The highest BCUT2D eigenvalue weighted by Gasteiger charge is 2.17. The molecule has 0 amide bonds. The first-order valence-corrected chi connectivity index (χ1v) is 13.1. The Morgan fingerprint density at radius 2 is 0.605 bits per heavy atom. The second-order valence-electron chi connectivity index (χ2n) is 9.70. The minimum atomic E-state index is 1.22. The molecule has 178 valence electrons. The van der Waals surface area contributed by atoms with Gasteiger partial charge in [-0.15, -0.1) is 0 Å². The fourth-order valence-corrected chi connectivity index (χ4v) is 5.78. The monoisotopic (exact) mass is 482 g/mol. The molecule has 0 atom stereocenters. The summed E-state index contributed by atoms with van der Waals surface area (Å²) in [4.78, 5) is 0. The van der Waals surface area contributed by atoms with E-state index < -0.39 is 0 Å². The smallest absolute Gasteiger partial charge is 0.00261 e. The van der Waals surface area contributed by atoms with E-state index in [-0.39, 0.29) is 0 Å². The summed E-state index contributed by atoms with van der Waals surface area (Å²) in [5.41, 5.74) is 10.0. The predicted molar refractivity (Wildman–Crippen MR) is 163 cm³/mol. The summed E-state index contributed by atoms with van der Waals surface area (Å²) < 4.78 is 0. The average Bonchev–Trinajstić information content (AvgIpc) is 3.01. The van der Waals surface area contributed by atoms with Crippen molar-refractivity contribution >= 4 is 21.5 Å². The minimum Gasteiger partial charge on any atom is -0.0622 e. The van der Waals surface area contributed by atoms with Gasteiger partial charge in [-0.05, 0) is 72.1 Å². The molecule has 7 aromatic rings. The Kier molecular flexibility index (Phi) is 5.57. The molecule has 0 saturated carbocycles. The van der Waals surface area contributed by atoms with E-state index in [1.807, 2.05) is 0 Å². The standard InChI is InChI=1S/C38H26/c1-4-14-27(15-5-1)31-25-24-30(26-36(31)28-16-6-2-7-17-28)38-34-22-12-10-20-32(34)37(29-18-8-3-9-19-29)33-21-11-13-23-35(33)38/h1-26H. The van der Waals surface area contributed by atoms with Gasteiger partial charge in [-0.3, -0.25) is 0 Å². The lowest BCUT2D eigenvalue weighted by atomic mass is 9.84. The molecular formula is C38H26. The highest BCUT2D eigenvalue weighted by atomic mass is 14.2. The maximum Gasteiger partial charge on any atom is -0.00261 e. The molecule has 0 fully saturated rings. The Labute approximate surface area is 223 Å². The third-order valence-electron chi connectivity index (χ3n) is 7.47. The molecule has 0 aliphatic rings. The number of hydrogen-bond donors (Lipinski definition) is 0. The van der Waals surface area contributed by atoms with Crippen molar-refractivity contribution in [1.82, 2.24) is 0 Å². The van der Waals surface area contributed by atoms with Crippen LogP contribution in [0.5, 0.6) is 0 Å². The molecule has 7 rings (SSSR count). The summed E-state index contributed by atoms with van der Waals surface area (Å²) in [7, 11) is 0. The van der Waals surface area contributed by atoms with Crippen LogP contribution in [0, 0.1) is 0 Å². The van der Waals surface area contributed by atoms with Gasteiger partial charge in [-0.2, -0.15) is 0 Å². The van der Waals surface area contributed by atoms with Gasteiger partial charge in [0.2, 0.25) is 0 Å². The number of fused-ring (bicyclic) bond motifs is 2. The summed E-state index contributed by atoms with van der Waals surface area (Å²) in [6.07, 6.45) is 0. The Bertz CT molecular complexity index is 1830. The summed E-state index contributed by atoms with van der Waals surface area (Å²) in [6, 6.07) is 56.9. The van der Waals surface area contributed by atoms with Crippen molar-refractivity contribution in [3.8, 4) is 44.5 Å². The maximum atomic E-state index is 2.38. The van der Waals surface area contributed by atoms with Gasteiger partial charge in [0, 0.05) is 0 Å². The Balaban J connectivity index is 1.57. The van der Waals surface area contributed by atoms with Gasteiger partial charge in [-0.1, -0.05) is 152 Å². The first-order valence-electron chi connectivity index (χ1n) is 13.1. The van der Waals surface area contributed by atoms with Crippen LogP contribution in [-0.4, -0.2) is 0 Å². The zero-order valence-corrected chi connectivity index (χ0v) is 21.0. The van der Waals surface area contributed by atoms with Crippen LogP contribution in [0.4, 0.5) is 0 Å². The van der Waals surface area contributed by atoms with Gasteiger partial charge >= 0.3 is 0 Å². The largest absolute Gasteiger partial charge is 0.0622 e. The Morgan fingerprint density at radius 3 is 1.08 bits per heavy atom. The molecule has 0 aliphatic heterocycles. The molecular weight excluding hydrogens is 456 g/mol. The van der Waals surface area contributed by atoms with Gasteiger partial charge < -0.3 is 0 Å². The van der Waals surface area contributed by atoms with E-state index in [4.69, 9.17) is 0 Å². The fourth-order valence-electron chi connectivity index (χ4n) is 5.78. The maximum absolute atomic E-state index is 2.38. The number of rotatable bonds is 4. The Hall–Kier alpha value is -4.94. The van der Waals surface area contributed by atoms with E-state index in [2.05, 4.69) is 158 Å². The van der Waals surface area contributed by atoms with Crippen molar-refractivity contribution in [2.24, 2.45) is 0 Å². The lowest BCUT2D eigenvalue weighted by Crippen LogP contribution is -1.92. The van der Waals surface area contributed by atoms with Gasteiger partial charge in [0.1, 0.15) is 0 Å². The van der Waals surface area contributed by atoms with Crippen LogP contribution in [0.25, 0.3) is 66.1 Å². The third kappa shape index (κ3) is 3.79. The minimum absolute atomic E-state index is 1.22. The van der Waals surface area contributed by atoms with E-state index in [0.29, 0.717) is 0 Å².